The van der Waals surface area contributed by atoms with Crippen molar-refractivity contribution in [2.75, 3.05) is 51.3 Å². The molecule has 1 aliphatic rings. The molecule has 1 heterocycles. The molecule has 120 valence electrons. The Bertz CT molecular complexity index is 382. The minimum Gasteiger partial charge on any atom is -0.391 e. The molecule has 20 heavy (non-hydrogen) atoms. The average molecular weight is 306 g/mol. The van der Waals surface area contributed by atoms with Crippen LogP contribution in [0.5, 0.6) is 0 Å². The van der Waals surface area contributed by atoms with E-state index < -0.39 is 9.84 Å². The van der Waals surface area contributed by atoms with Gasteiger partial charge in [0.25, 0.3) is 0 Å². The maximum absolute atomic E-state index is 11.1. The standard InChI is InChI=1S/C14H30N2O3S/c1-14(2,3)13(17)12-16-9-7-15(8-10-16)6-5-11-20(4,18)19/h13,17H,5-12H2,1-4H3/t13-/m1/s1. The minimum absolute atomic E-state index is 0.0768. The molecule has 1 saturated heterocycles. The van der Waals surface area contributed by atoms with E-state index in [4.69, 9.17) is 0 Å². The van der Waals surface area contributed by atoms with E-state index in [9.17, 15) is 13.5 Å². The molecular formula is C14H30N2O3S. The number of sulfone groups is 1. The molecule has 0 unspecified atom stereocenters. The number of hydrogen-bond donors (Lipinski definition) is 1. The van der Waals surface area contributed by atoms with Gasteiger partial charge in [0.05, 0.1) is 11.9 Å². The Balaban J connectivity index is 2.23. The highest BCUT2D eigenvalue weighted by Crippen LogP contribution is 2.20. The zero-order valence-electron chi connectivity index (χ0n) is 13.3. The summed E-state index contributed by atoms with van der Waals surface area (Å²) < 4.78 is 22.2. The topological polar surface area (TPSA) is 60.9 Å². The van der Waals surface area contributed by atoms with Crippen LogP contribution in [-0.4, -0.2) is 80.7 Å². The van der Waals surface area contributed by atoms with Crippen LogP contribution in [0.1, 0.15) is 27.2 Å². The Morgan fingerprint density at radius 2 is 1.60 bits per heavy atom. The highest BCUT2D eigenvalue weighted by molar-refractivity contribution is 7.90. The first-order chi connectivity index (χ1) is 9.08. The van der Waals surface area contributed by atoms with Crippen LogP contribution in [0.15, 0.2) is 0 Å². The molecular weight excluding hydrogens is 276 g/mol. The van der Waals surface area contributed by atoms with Crippen LogP contribution in [0.2, 0.25) is 0 Å². The molecule has 1 atom stereocenters. The average Bonchev–Trinajstić information content (AvgIpc) is 2.28. The van der Waals surface area contributed by atoms with Crippen molar-refractivity contribution in [1.82, 2.24) is 9.80 Å². The van der Waals surface area contributed by atoms with Gasteiger partial charge in [-0.3, -0.25) is 4.90 Å². The van der Waals surface area contributed by atoms with Gasteiger partial charge in [0.15, 0.2) is 0 Å². The lowest BCUT2D eigenvalue weighted by Gasteiger charge is -2.38. The third kappa shape index (κ3) is 7.02. The molecule has 0 aliphatic carbocycles. The summed E-state index contributed by atoms with van der Waals surface area (Å²) in [5, 5.41) is 10.1. The van der Waals surface area contributed by atoms with Gasteiger partial charge < -0.3 is 10.0 Å². The van der Waals surface area contributed by atoms with Gasteiger partial charge in [-0.15, -0.1) is 0 Å². The van der Waals surface area contributed by atoms with Crippen molar-refractivity contribution in [2.24, 2.45) is 5.41 Å². The molecule has 0 aromatic heterocycles. The summed E-state index contributed by atoms with van der Waals surface area (Å²) in [7, 11) is -2.84. The Hall–Kier alpha value is -0.170. The number of rotatable bonds is 6. The first kappa shape index (κ1) is 17.9. The third-order valence-corrected chi connectivity index (χ3v) is 4.92. The summed E-state index contributed by atoms with van der Waals surface area (Å²) in [6.45, 7) is 11.6. The van der Waals surface area contributed by atoms with Crippen molar-refractivity contribution in [3.63, 3.8) is 0 Å². The Kier molecular flexibility index (Phi) is 6.44. The Morgan fingerprint density at radius 1 is 1.10 bits per heavy atom. The van der Waals surface area contributed by atoms with E-state index in [1.54, 1.807) is 0 Å². The molecule has 0 aromatic rings. The molecule has 6 heteroatoms. The zero-order chi connectivity index (χ0) is 15.4. The summed E-state index contributed by atoms with van der Waals surface area (Å²) in [5.41, 5.74) is -0.0768. The van der Waals surface area contributed by atoms with Crippen LogP contribution in [0, 0.1) is 5.41 Å². The molecule has 0 bridgehead atoms. The molecule has 0 spiro atoms. The van der Waals surface area contributed by atoms with E-state index >= 15 is 0 Å². The highest BCUT2D eigenvalue weighted by atomic mass is 32.2. The van der Waals surface area contributed by atoms with E-state index in [1.165, 1.54) is 6.26 Å². The van der Waals surface area contributed by atoms with Crippen LogP contribution < -0.4 is 0 Å². The second-order valence-corrected chi connectivity index (χ2v) is 9.27. The molecule has 5 nitrogen and oxygen atoms in total. The van der Waals surface area contributed by atoms with Gasteiger partial charge in [0.1, 0.15) is 9.84 Å². The first-order valence-electron chi connectivity index (χ1n) is 7.38. The molecule has 1 rings (SSSR count). The monoisotopic (exact) mass is 306 g/mol. The van der Waals surface area contributed by atoms with Crippen LogP contribution in [0.3, 0.4) is 0 Å². The molecule has 1 aliphatic heterocycles. The second-order valence-electron chi connectivity index (χ2n) is 7.01. The van der Waals surface area contributed by atoms with E-state index in [-0.39, 0.29) is 17.3 Å². The van der Waals surface area contributed by atoms with E-state index in [0.717, 1.165) is 39.3 Å². The van der Waals surface area contributed by atoms with Crippen molar-refractivity contribution in [3.8, 4) is 0 Å². The van der Waals surface area contributed by atoms with E-state index in [2.05, 4.69) is 30.6 Å². The first-order valence-corrected chi connectivity index (χ1v) is 9.44. The second kappa shape index (κ2) is 7.20. The van der Waals surface area contributed by atoms with E-state index in [0.29, 0.717) is 6.42 Å². The number of aliphatic hydroxyl groups excluding tert-OH is 1. The quantitative estimate of drug-likeness (QED) is 0.772. The number of nitrogens with zero attached hydrogens (tertiary/aromatic N) is 2. The molecule has 1 fully saturated rings. The lowest BCUT2D eigenvalue weighted by Crippen LogP contribution is -2.50. The minimum atomic E-state index is -2.84. The van der Waals surface area contributed by atoms with Gasteiger partial charge in [-0.2, -0.15) is 0 Å². The van der Waals surface area contributed by atoms with Crippen LogP contribution in [0.25, 0.3) is 0 Å². The number of β-amino-alcohol motifs (C(OH)–C–C–N with tert-alkyl or cyclic N) is 1. The predicted octanol–water partition coefficient (Wildman–Crippen LogP) is 0.446. The fraction of sp³-hybridized carbons (Fsp3) is 1.00. The summed E-state index contributed by atoms with van der Waals surface area (Å²) in [6.07, 6.45) is 1.70. The lowest BCUT2D eigenvalue weighted by atomic mass is 9.89. The fourth-order valence-electron chi connectivity index (χ4n) is 2.26. The third-order valence-electron chi connectivity index (χ3n) is 3.89. The maximum Gasteiger partial charge on any atom is 0.147 e. The maximum atomic E-state index is 11.1. The summed E-state index contributed by atoms with van der Waals surface area (Å²) in [6, 6.07) is 0. The van der Waals surface area contributed by atoms with Crippen molar-refractivity contribution in [3.05, 3.63) is 0 Å². The lowest BCUT2D eigenvalue weighted by molar-refractivity contribution is 0.0135. The zero-order valence-corrected chi connectivity index (χ0v) is 14.1. The van der Waals surface area contributed by atoms with Crippen molar-refractivity contribution >= 4 is 9.84 Å². The fourth-order valence-corrected chi connectivity index (χ4v) is 2.92. The summed E-state index contributed by atoms with van der Waals surface area (Å²) in [4.78, 5) is 4.61. The van der Waals surface area contributed by atoms with Crippen LogP contribution in [0.4, 0.5) is 0 Å². The molecule has 1 N–H and O–H groups in total. The van der Waals surface area contributed by atoms with Crippen LogP contribution >= 0.6 is 0 Å². The SMILES string of the molecule is CC(C)(C)[C@H](O)CN1CCN(CCCS(C)(=O)=O)CC1. The molecule has 0 radical (unpaired) electrons. The van der Waals surface area contributed by atoms with Crippen molar-refractivity contribution in [1.29, 1.82) is 0 Å². The van der Waals surface area contributed by atoms with Gasteiger partial charge in [-0.1, -0.05) is 20.8 Å². The van der Waals surface area contributed by atoms with Gasteiger partial charge >= 0.3 is 0 Å². The number of piperazine rings is 1. The smallest absolute Gasteiger partial charge is 0.147 e. The van der Waals surface area contributed by atoms with Crippen molar-refractivity contribution in [2.45, 2.75) is 33.3 Å². The molecule has 0 saturated carbocycles. The van der Waals surface area contributed by atoms with Gasteiger partial charge in [0.2, 0.25) is 0 Å². The van der Waals surface area contributed by atoms with Crippen LogP contribution in [-0.2, 0) is 9.84 Å². The van der Waals surface area contributed by atoms with Crippen molar-refractivity contribution < 1.29 is 13.5 Å². The largest absolute Gasteiger partial charge is 0.391 e. The predicted molar refractivity (Wildman–Crippen MR) is 82.7 cm³/mol. The summed E-state index contributed by atoms with van der Waals surface area (Å²) in [5.74, 6) is 0.274. The number of aliphatic hydroxyl groups is 1. The normalized spacial score (nSPS) is 21.1. The Labute approximate surface area is 123 Å². The highest BCUT2D eigenvalue weighted by Gasteiger charge is 2.26. The summed E-state index contributed by atoms with van der Waals surface area (Å²) >= 11 is 0. The van der Waals surface area contributed by atoms with Gasteiger partial charge in [-0.05, 0) is 18.4 Å². The van der Waals surface area contributed by atoms with Gasteiger partial charge in [0, 0.05) is 39.0 Å². The Morgan fingerprint density at radius 3 is 2.05 bits per heavy atom. The molecule has 0 amide bonds. The van der Waals surface area contributed by atoms with E-state index in [1.807, 2.05) is 0 Å². The number of hydrogen-bond acceptors (Lipinski definition) is 5. The van der Waals surface area contributed by atoms with Gasteiger partial charge in [-0.25, -0.2) is 8.42 Å². The molecule has 0 aromatic carbocycles.